The molecule has 1 atom stereocenters. The van der Waals surface area contributed by atoms with Crippen molar-refractivity contribution in [3.63, 3.8) is 0 Å². The lowest BCUT2D eigenvalue weighted by atomic mass is 9.93. The highest BCUT2D eigenvalue weighted by atomic mass is 127. The first-order valence-corrected chi connectivity index (χ1v) is 9.46. The molecule has 2 aromatic rings. The van der Waals surface area contributed by atoms with Gasteiger partial charge < -0.3 is 5.32 Å². The van der Waals surface area contributed by atoms with Crippen LogP contribution in [0.1, 0.15) is 37.8 Å². The van der Waals surface area contributed by atoms with Crippen LogP contribution in [0.2, 0.25) is 0 Å². The lowest BCUT2D eigenvalue weighted by molar-refractivity contribution is -0.118. The summed E-state index contributed by atoms with van der Waals surface area (Å²) >= 11 is 2.30. The maximum Gasteiger partial charge on any atom is 0.249 e. The van der Waals surface area contributed by atoms with Crippen molar-refractivity contribution in [3.05, 3.63) is 63.2 Å². The van der Waals surface area contributed by atoms with E-state index in [1.165, 1.54) is 0 Å². The van der Waals surface area contributed by atoms with Crippen LogP contribution in [0.4, 0.5) is 5.69 Å². The number of carbonyl (C=O) groups excluding carboxylic acids is 1. The number of anilines is 1. The summed E-state index contributed by atoms with van der Waals surface area (Å²) in [7, 11) is 0. The van der Waals surface area contributed by atoms with E-state index >= 15 is 0 Å². The zero-order chi connectivity index (χ0) is 17.1. The zero-order valence-electron chi connectivity index (χ0n) is 13.9. The average molecular weight is 432 g/mol. The molecule has 3 nitrogen and oxygen atoms in total. The molecule has 0 radical (unpaired) electrons. The van der Waals surface area contributed by atoms with E-state index in [0.29, 0.717) is 0 Å². The molecule has 0 unspecified atom stereocenters. The van der Waals surface area contributed by atoms with Crippen LogP contribution in [0.5, 0.6) is 0 Å². The quantitative estimate of drug-likeness (QED) is 0.688. The van der Waals surface area contributed by atoms with Gasteiger partial charge in [0.1, 0.15) is 6.04 Å². The van der Waals surface area contributed by atoms with Crippen molar-refractivity contribution in [2.45, 2.75) is 32.7 Å². The Morgan fingerprint density at radius 2 is 1.83 bits per heavy atom. The molecule has 0 aromatic heterocycles. The van der Waals surface area contributed by atoms with Gasteiger partial charge in [-0.15, -0.1) is 0 Å². The Bertz CT molecular complexity index is 766. The van der Waals surface area contributed by atoms with Crippen LogP contribution in [-0.4, -0.2) is 17.7 Å². The van der Waals surface area contributed by atoms with Gasteiger partial charge in [0.25, 0.3) is 0 Å². The van der Waals surface area contributed by atoms with Gasteiger partial charge in [-0.1, -0.05) is 57.0 Å². The van der Waals surface area contributed by atoms with Crippen LogP contribution >= 0.6 is 22.6 Å². The van der Waals surface area contributed by atoms with E-state index in [9.17, 15) is 4.79 Å². The number of carbonyl (C=O) groups is 1. The second kappa shape index (κ2) is 7.47. The molecule has 3 rings (SSSR count). The second-order valence-electron chi connectivity index (χ2n) is 6.04. The third kappa shape index (κ3) is 3.38. The molecule has 1 aliphatic rings. The standard InChI is InChI=1S/C20H21IN2O/c1-3-13(4-2)19-20(24)22-17-11-10-15(21)12-16(17)18(23-19)14-8-6-5-7-9-14/h5-13,19H,3-4H2,1-2H3,(H,22,24)/t19-/m0/s1. The summed E-state index contributed by atoms with van der Waals surface area (Å²) in [5.41, 5.74) is 3.79. The summed E-state index contributed by atoms with van der Waals surface area (Å²) < 4.78 is 1.13. The first kappa shape index (κ1) is 17.1. The summed E-state index contributed by atoms with van der Waals surface area (Å²) in [5.74, 6) is 0.245. The van der Waals surface area contributed by atoms with Crippen LogP contribution in [0.25, 0.3) is 0 Å². The molecule has 24 heavy (non-hydrogen) atoms. The van der Waals surface area contributed by atoms with E-state index in [1.54, 1.807) is 0 Å². The summed E-state index contributed by atoms with van der Waals surface area (Å²) in [6.45, 7) is 4.25. The van der Waals surface area contributed by atoms with E-state index in [-0.39, 0.29) is 17.9 Å². The molecule has 0 aliphatic carbocycles. The van der Waals surface area contributed by atoms with Gasteiger partial charge in [-0.2, -0.15) is 0 Å². The highest BCUT2D eigenvalue weighted by molar-refractivity contribution is 14.1. The third-order valence-electron chi connectivity index (χ3n) is 4.57. The van der Waals surface area contributed by atoms with Gasteiger partial charge in [-0.3, -0.25) is 9.79 Å². The minimum absolute atomic E-state index is 0.00270. The van der Waals surface area contributed by atoms with Gasteiger partial charge in [0.2, 0.25) is 5.91 Å². The van der Waals surface area contributed by atoms with E-state index in [1.807, 2.05) is 30.3 Å². The van der Waals surface area contributed by atoms with Crippen molar-refractivity contribution >= 4 is 39.9 Å². The molecule has 124 valence electrons. The maximum atomic E-state index is 12.8. The van der Waals surface area contributed by atoms with Gasteiger partial charge in [0, 0.05) is 14.7 Å². The molecule has 0 saturated heterocycles. The van der Waals surface area contributed by atoms with Gasteiger partial charge in [-0.25, -0.2) is 0 Å². The molecular formula is C20H21IN2O. The van der Waals surface area contributed by atoms with Gasteiger partial charge in [0.05, 0.1) is 11.4 Å². The first-order chi connectivity index (χ1) is 11.6. The van der Waals surface area contributed by atoms with Crippen molar-refractivity contribution in [2.75, 3.05) is 5.32 Å². The molecule has 1 amide bonds. The number of hydrogen-bond acceptors (Lipinski definition) is 2. The van der Waals surface area contributed by atoms with Crippen LogP contribution < -0.4 is 5.32 Å². The van der Waals surface area contributed by atoms with Crippen LogP contribution in [0.15, 0.2) is 53.5 Å². The Labute approximate surface area is 156 Å². The van der Waals surface area contributed by atoms with Crippen LogP contribution in [-0.2, 0) is 4.79 Å². The number of aliphatic imine (C=N–C) groups is 1. The zero-order valence-corrected chi connectivity index (χ0v) is 16.1. The fourth-order valence-electron chi connectivity index (χ4n) is 3.18. The Balaban J connectivity index is 2.20. The second-order valence-corrected chi connectivity index (χ2v) is 7.29. The smallest absolute Gasteiger partial charge is 0.249 e. The van der Waals surface area contributed by atoms with Crippen molar-refractivity contribution in [1.29, 1.82) is 0 Å². The molecular weight excluding hydrogens is 411 g/mol. The number of benzodiazepines with no additional fused rings is 1. The minimum Gasteiger partial charge on any atom is -0.324 e. The Morgan fingerprint density at radius 3 is 2.50 bits per heavy atom. The highest BCUT2D eigenvalue weighted by Gasteiger charge is 2.30. The van der Waals surface area contributed by atoms with Gasteiger partial charge in [0.15, 0.2) is 0 Å². The molecule has 1 heterocycles. The molecule has 0 bridgehead atoms. The molecule has 0 spiro atoms. The van der Waals surface area contributed by atoms with Crippen molar-refractivity contribution < 1.29 is 4.79 Å². The Morgan fingerprint density at radius 1 is 1.12 bits per heavy atom. The third-order valence-corrected chi connectivity index (χ3v) is 5.24. The number of nitrogens with one attached hydrogen (secondary N) is 1. The number of fused-ring (bicyclic) bond motifs is 1. The summed E-state index contributed by atoms with van der Waals surface area (Å²) in [5, 5.41) is 3.09. The summed E-state index contributed by atoms with van der Waals surface area (Å²) in [4.78, 5) is 17.7. The monoisotopic (exact) mass is 432 g/mol. The minimum atomic E-state index is -0.347. The number of halogens is 1. The van der Waals surface area contributed by atoms with E-state index in [2.05, 4.69) is 60.0 Å². The predicted octanol–water partition coefficient (Wildman–Crippen LogP) is 4.89. The number of benzene rings is 2. The van der Waals surface area contributed by atoms with E-state index < -0.39 is 0 Å². The molecule has 0 fully saturated rings. The summed E-state index contributed by atoms with van der Waals surface area (Å²) in [6, 6.07) is 15.9. The molecule has 1 N–H and O–H groups in total. The average Bonchev–Trinajstić information content (AvgIpc) is 2.74. The molecule has 4 heteroatoms. The van der Waals surface area contributed by atoms with E-state index in [4.69, 9.17) is 4.99 Å². The van der Waals surface area contributed by atoms with Crippen LogP contribution in [0, 0.1) is 9.49 Å². The van der Waals surface area contributed by atoms with Crippen molar-refractivity contribution in [2.24, 2.45) is 10.9 Å². The molecule has 2 aromatic carbocycles. The Kier molecular flexibility index (Phi) is 5.33. The van der Waals surface area contributed by atoms with Crippen molar-refractivity contribution in [1.82, 2.24) is 0 Å². The lowest BCUT2D eigenvalue weighted by Gasteiger charge is -2.20. The number of rotatable bonds is 4. The van der Waals surface area contributed by atoms with Gasteiger partial charge >= 0.3 is 0 Å². The largest absolute Gasteiger partial charge is 0.324 e. The first-order valence-electron chi connectivity index (χ1n) is 8.38. The lowest BCUT2D eigenvalue weighted by Crippen LogP contribution is -2.32. The van der Waals surface area contributed by atoms with Crippen LogP contribution in [0.3, 0.4) is 0 Å². The molecule has 1 aliphatic heterocycles. The highest BCUT2D eigenvalue weighted by Crippen LogP contribution is 2.29. The molecule has 0 saturated carbocycles. The predicted molar refractivity (Wildman–Crippen MR) is 108 cm³/mol. The fourth-order valence-corrected chi connectivity index (χ4v) is 3.67. The maximum absolute atomic E-state index is 12.8. The van der Waals surface area contributed by atoms with E-state index in [0.717, 1.165) is 38.9 Å². The topological polar surface area (TPSA) is 41.5 Å². The SMILES string of the molecule is CCC(CC)[C@@H]1N=C(c2ccccc2)c2cc(I)ccc2NC1=O. The normalized spacial score (nSPS) is 17.1. The fraction of sp³-hybridized carbons (Fsp3) is 0.300. The Hall–Kier alpha value is -1.69. The number of hydrogen-bond donors (Lipinski definition) is 1. The summed E-state index contributed by atoms with van der Waals surface area (Å²) in [6.07, 6.45) is 1.88. The number of amides is 1. The van der Waals surface area contributed by atoms with Crippen molar-refractivity contribution in [3.8, 4) is 0 Å². The number of nitrogens with zero attached hydrogens (tertiary/aromatic N) is 1. The van der Waals surface area contributed by atoms with Gasteiger partial charge in [-0.05, 0) is 46.7 Å².